The van der Waals surface area contributed by atoms with E-state index in [1.54, 1.807) is 24.7 Å². The number of aromatic nitrogens is 4. The number of esters is 1. The van der Waals surface area contributed by atoms with Crippen LogP contribution in [0.25, 0.3) is 17.0 Å². The highest BCUT2D eigenvalue weighted by atomic mass is 79.9. The maximum Gasteiger partial charge on any atom is 0.358 e. The highest BCUT2D eigenvalue weighted by molar-refractivity contribution is 9.10. The topological polar surface area (TPSA) is 61.4 Å². The van der Waals surface area contributed by atoms with E-state index in [9.17, 15) is 4.79 Å². The van der Waals surface area contributed by atoms with Crippen LogP contribution in [-0.4, -0.2) is 31.7 Å². The molecule has 3 heterocycles. The first-order valence-corrected chi connectivity index (χ1v) is 7.23. The Bertz CT molecular complexity index is 822. The summed E-state index contributed by atoms with van der Waals surface area (Å²) in [5.74, 6) is -0.425. The summed E-state index contributed by atoms with van der Waals surface area (Å²) < 4.78 is 9.47. The molecule has 108 valence electrons. The molecule has 21 heavy (non-hydrogen) atoms. The van der Waals surface area contributed by atoms with Gasteiger partial charge in [-0.2, -0.15) is 5.10 Å². The quantitative estimate of drug-likeness (QED) is 0.682. The zero-order valence-corrected chi connectivity index (χ0v) is 13.2. The fourth-order valence-corrected chi connectivity index (χ4v) is 2.45. The van der Waals surface area contributed by atoms with Gasteiger partial charge in [0.15, 0.2) is 5.69 Å². The summed E-state index contributed by atoms with van der Waals surface area (Å²) >= 11 is 3.43. The fraction of sp³-hybridized carbons (Fsp3) is 0.214. The molecule has 3 aromatic heterocycles. The molecule has 0 saturated carbocycles. The maximum absolute atomic E-state index is 11.7. The monoisotopic (exact) mass is 348 g/mol. The van der Waals surface area contributed by atoms with Crippen molar-refractivity contribution in [3.8, 4) is 11.4 Å². The van der Waals surface area contributed by atoms with E-state index >= 15 is 0 Å². The standard InChI is InChI=1S/C14H13BrN4O2/c1-3-21-14(20)10-6-12(18(2)17-10)11-8-19-7-9(15)4-5-13(19)16-11/h4-8H,3H2,1-2H3. The molecule has 0 aromatic carbocycles. The predicted octanol–water partition coefficient (Wildman–Crippen LogP) is 2.67. The van der Waals surface area contributed by atoms with Crippen LogP contribution in [0.1, 0.15) is 17.4 Å². The molecule has 3 rings (SSSR count). The first kappa shape index (κ1) is 13.8. The van der Waals surface area contributed by atoms with Crippen LogP contribution in [0.3, 0.4) is 0 Å². The van der Waals surface area contributed by atoms with Crippen molar-refractivity contribution in [2.75, 3.05) is 6.61 Å². The Morgan fingerprint density at radius 2 is 2.19 bits per heavy atom. The fourth-order valence-electron chi connectivity index (χ4n) is 2.10. The van der Waals surface area contributed by atoms with Crippen LogP contribution in [0.15, 0.2) is 35.1 Å². The molecule has 3 aromatic rings. The molecule has 0 aliphatic carbocycles. The third-order valence-corrected chi connectivity index (χ3v) is 3.51. The maximum atomic E-state index is 11.7. The van der Waals surface area contributed by atoms with E-state index in [1.807, 2.05) is 28.9 Å². The minimum Gasteiger partial charge on any atom is -0.461 e. The largest absolute Gasteiger partial charge is 0.461 e. The first-order chi connectivity index (χ1) is 10.1. The number of nitrogens with zero attached hydrogens (tertiary/aromatic N) is 4. The second-order valence-electron chi connectivity index (χ2n) is 4.50. The van der Waals surface area contributed by atoms with Crippen LogP contribution in [0, 0.1) is 0 Å². The van der Waals surface area contributed by atoms with Gasteiger partial charge in [-0.1, -0.05) is 0 Å². The first-order valence-electron chi connectivity index (χ1n) is 6.44. The number of aryl methyl sites for hydroxylation is 1. The summed E-state index contributed by atoms with van der Waals surface area (Å²) in [6, 6.07) is 5.53. The van der Waals surface area contributed by atoms with Gasteiger partial charge in [0, 0.05) is 30.0 Å². The van der Waals surface area contributed by atoms with Crippen molar-refractivity contribution in [1.29, 1.82) is 0 Å². The molecular weight excluding hydrogens is 336 g/mol. The molecular formula is C14H13BrN4O2. The number of hydrogen-bond donors (Lipinski definition) is 0. The molecule has 0 bridgehead atoms. The van der Waals surface area contributed by atoms with Gasteiger partial charge in [0.05, 0.1) is 12.3 Å². The van der Waals surface area contributed by atoms with E-state index in [1.165, 1.54) is 0 Å². The lowest BCUT2D eigenvalue weighted by Crippen LogP contribution is -2.05. The number of imidazole rings is 1. The van der Waals surface area contributed by atoms with Crippen molar-refractivity contribution in [3.05, 3.63) is 40.8 Å². The van der Waals surface area contributed by atoms with Crippen molar-refractivity contribution in [3.63, 3.8) is 0 Å². The number of carbonyl (C=O) groups is 1. The molecule has 7 heteroatoms. The van der Waals surface area contributed by atoms with Crippen molar-refractivity contribution in [2.45, 2.75) is 6.92 Å². The Balaban J connectivity index is 2.04. The Labute approximate surface area is 129 Å². The SMILES string of the molecule is CCOC(=O)c1cc(-c2cn3cc(Br)ccc3n2)n(C)n1. The number of halogens is 1. The Hall–Kier alpha value is -2.15. The third kappa shape index (κ3) is 2.56. The van der Waals surface area contributed by atoms with Gasteiger partial charge in [-0.3, -0.25) is 4.68 Å². The van der Waals surface area contributed by atoms with Crippen LogP contribution in [-0.2, 0) is 11.8 Å². The van der Waals surface area contributed by atoms with E-state index in [-0.39, 0.29) is 5.69 Å². The zero-order valence-electron chi connectivity index (χ0n) is 11.6. The van der Waals surface area contributed by atoms with E-state index < -0.39 is 5.97 Å². The van der Waals surface area contributed by atoms with Crippen LogP contribution in [0.5, 0.6) is 0 Å². The lowest BCUT2D eigenvalue weighted by molar-refractivity contribution is 0.0518. The number of hydrogen-bond acceptors (Lipinski definition) is 4. The van der Waals surface area contributed by atoms with E-state index in [0.717, 1.165) is 21.5 Å². The summed E-state index contributed by atoms with van der Waals surface area (Å²) in [5, 5.41) is 4.18. The molecule has 0 spiro atoms. The summed E-state index contributed by atoms with van der Waals surface area (Å²) in [4.78, 5) is 16.3. The smallest absolute Gasteiger partial charge is 0.358 e. The molecule has 0 N–H and O–H groups in total. The second kappa shape index (κ2) is 5.33. The number of carbonyl (C=O) groups excluding carboxylic acids is 1. The average molecular weight is 349 g/mol. The van der Waals surface area contributed by atoms with Crippen molar-refractivity contribution in [1.82, 2.24) is 19.2 Å². The molecule has 0 aliphatic rings. The number of ether oxygens (including phenoxy) is 1. The summed E-state index contributed by atoms with van der Waals surface area (Å²) in [7, 11) is 1.78. The van der Waals surface area contributed by atoms with Crippen LogP contribution >= 0.6 is 15.9 Å². The molecule has 0 aliphatic heterocycles. The lowest BCUT2D eigenvalue weighted by atomic mass is 10.3. The lowest BCUT2D eigenvalue weighted by Gasteiger charge is -1.95. The highest BCUT2D eigenvalue weighted by Crippen LogP contribution is 2.21. The van der Waals surface area contributed by atoms with Crippen molar-refractivity contribution < 1.29 is 9.53 Å². The molecule has 0 atom stereocenters. The van der Waals surface area contributed by atoms with E-state index in [4.69, 9.17) is 4.74 Å². The van der Waals surface area contributed by atoms with Gasteiger partial charge >= 0.3 is 5.97 Å². The van der Waals surface area contributed by atoms with Crippen molar-refractivity contribution >= 4 is 27.5 Å². The minimum absolute atomic E-state index is 0.285. The van der Waals surface area contributed by atoms with Gasteiger partial charge in [-0.25, -0.2) is 9.78 Å². The molecule has 0 saturated heterocycles. The van der Waals surface area contributed by atoms with E-state index in [0.29, 0.717) is 6.61 Å². The van der Waals surface area contributed by atoms with Crippen LogP contribution in [0.2, 0.25) is 0 Å². The van der Waals surface area contributed by atoms with Gasteiger partial charge in [0.1, 0.15) is 11.3 Å². The molecule has 0 unspecified atom stereocenters. The molecule has 0 fully saturated rings. The van der Waals surface area contributed by atoms with Gasteiger partial charge < -0.3 is 9.14 Å². The Morgan fingerprint density at radius 3 is 2.95 bits per heavy atom. The Kier molecular flexibility index (Phi) is 3.50. The number of pyridine rings is 1. The second-order valence-corrected chi connectivity index (χ2v) is 5.41. The van der Waals surface area contributed by atoms with Gasteiger partial charge in [0.25, 0.3) is 0 Å². The average Bonchev–Trinajstić information content (AvgIpc) is 3.01. The molecule has 6 nitrogen and oxygen atoms in total. The number of fused-ring (bicyclic) bond motifs is 1. The number of rotatable bonds is 3. The van der Waals surface area contributed by atoms with Crippen LogP contribution < -0.4 is 0 Å². The summed E-state index contributed by atoms with van der Waals surface area (Å²) in [6.45, 7) is 2.09. The highest BCUT2D eigenvalue weighted by Gasteiger charge is 2.16. The third-order valence-electron chi connectivity index (χ3n) is 3.04. The molecule has 0 radical (unpaired) electrons. The van der Waals surface area contributed by atoms with E-state index in [2.05, 4.69) is 26.0 Å². The zero-order chi connectivity index (χ0) is 15.0. The van der Waals surface area contributed by atoms with Crippen molar-refractivity contribution in [2.24, 2.45) is 7.05 Å². The van der Waals surface area contributed by atoms with Gasteiger partial charge in [-0.05, 0) is 35.0 Å². The normalized spacial score (nSPS) is 11.0. The minimum atomic E-state index is -0.425. The van der Waals surface area contributed by atoms with Crippen LogP contribution in [0.4, 0.5) is 0 Å². The predicted molar refractivity (Wildman–Crippen MR) is 81.1 cm³/mol. The summed E-state index contributed by atoms with van der Waals surface area (Å²) in [6.07, 6.45) is 3.82. The van der Waals surface area contributed by atoms with Gasteiger partial charge in [0.2, 0.25) is 0 Å². The Morgan fingerprint density at radius 1 is 1.38 bits per heavy atom. The van der Waals surface area contributed by atoms with Gasteiger partial charge in [-0.15, -0.1) is 0 Å². The summed E-state index contributed by atoms with van der Waals surface area (Å²) in [5.41, 5.74) is 2.62. The molecule has 0 amide bonds.